The molecule has 1 aromatic rings. The van der Waals surface area contributed by atoms with Gasteiger partial charge in [-0.1, -0.05) is 25.1 Å². The number of nitrogens with zero attached hydrogens (tertiary/aromatic N) is 1. The van der Waals surface area contributed by atoms with Crippen molar-refractivity contribution in [3.05, 3.63) is 30.3 Å². The Labute approximate surface area is 121 Å². The quantitative estimate of drug-likeness (QED) is 0.807. The van der Waals surface area contributed by atoms with Gasteiger partial charge in [-0.3, -0.25) is 4.79 Å². The van der Waals surface area contributed by atoms with Crippen LogP contribution >= 0.6 is 0 Å². The molecule has 2 rings (SSSR count). The summed E-state index contributed by atoms with van der Waals surface area (Å²) in [6, 6.07) is 9.76. The average molecular weight is 276 g/mol. The van der Waals surface area contributed by atoms with Crippen molar-refractivity contribution in [2.75, 3.05) is 26.7 Å². The predicted molar refractivity (Wildman–Crippen MR) is 79.8 cm³/mol. The number of carbonyl (C=O) groups is 1. The lowest BCUT2D eigenvalue weighted by molar-refractivity contribution is -0.132. The van der Waals surface area contributed by atoms with Gasteiger partial charge in [-0.2, -0.15) is 0 Å². The van der Waals surface area contributed by atoms with Crippen molar-refractivity contribution < 1.29 is 9.53 Å². The van der Waals surface area contributed by atoms with Gasteiger partial charge in [0.25, 0.3) is 0 Å². The highest BCUT2D eigenvalue weighted by Crippen LogP contribution is 2.16. The lowest BCUT2D eigenvalue weighted by atomic mass is 10.0. The van der Waals surface area contributed by atoms with Crippen molar-refractivity contribution in [2.45, 2.75) is 25.8 Å². The van der Waals surface area contributed by atoms with Crippen LogP contribution in [0.3, 0.4) is 0 Å². The van der Waals surface area contributed by atoms with E-state index in [1.54, 1.807) is 0 Å². The Bertz CT molecular complexity index is 422. The monoisotopic (exact) mass is 276 g/mol. The first kappa shape index (κ1) is 14.9. The Hall–Kier alpha value is -1.55. The molecule has 1 aromatic carbocycles. The number of carbonyl (C=O) groups excluding carboxylic acids is 1. The second-order valence-electron chi connectivity index (χ2n) is 5.47. The molecule has 0 spiro atoms. The van der Waals surface area contributed by atoms with Crippen molar-refractivity contribution in [3.8, 4) is 5.75 Å². The molecule has 1 N–H and O–H groups in total. The van der Waals surface area contributed by atoms with E-state index < -0.39 is 0 Å². The molecular formula is C16H24N2O2. The van der Waals surface area contributed by atoms with Gasteiger partial charge in [-0.15, -0.1) is 0 Å². The fourth-order valence-corrected chi connectivity index (χ4v) is 2.52. The first-order chi connectivity index (χ1) is 9.68. The van der Waals surface area contributed by atoms with E-state index in [1.165, 1.54) is 0 Å². The van der Waals surface area contributed by atoms with Gasteiger partial charge in [0.05, 0.1) is 12.6 Å². The molecule has 1 aliphatic heterocycles. The van der Waals surface area contributed by atoms with Crippen LogP contribution in [0.15, 0.2) is 30.3 Å². The summed E-state index contributed by atoms with van der Waals surface area (Å²) in [5, 5.41) is 3.28. The summed E-state index contributed by atoms with van der Waals surface area (Å²) in [6.45, 7) is 4.45. The van der Waals surface area contributed by atoms with E-state index in [4.69, 9.17) is 4.74 Å². The van der Waals surface area contributed by atoms with Crippen LogP contribution in [-0.4, -0.2) is 43.6 Å². The molecule has 1 heterocycles. The molecule has 4 nitrogen and oxygen atoms in total. The van der Waals surface area contributed by atoms with Crippen LogP contribution < -0.4 is 10.1 Å². The van der Waals surface area contributed by atoms with E-state index in [1.807, 2.05) is 42.3 Å². The highest BCUT2D eigenvalue weighted by Gasteiger charge is 2.30. The number of hydrogen-bond acceptors (Lipinski definition) is 3. The fourth-order valence-electron chi connectivity index (χ4n) is 2.52. The maximum atomic E-state index is 12.2. The van der Waals surface area contributed by atoms with Crippen LogP contribution in [-0.2, 0) is 4.79 Å². The van der Waals surface area contributed by atoms with E-state index in [0.29, 0.717) is 12.5 Å². The molecule has 1 saturated heterocycles. The van der Waals surface area contributed by atoms with Gasteiger partial charge in [0.1, 0.15) is 5.75 Å². The minimum Gasteiger partial charge on any atom is -0.494 e. The number of para-hydroxylation sites is 1. The summed E-state index contributed by atoms with van der Waals surface area (Å²) in [5.41, 5.74) is 0. The van der Waals surface area contributed by atoms with Crippen molar-refractivity contribution in [1.82, 2.24) is 10.2 Å². The largest absolute Gasteiger partial charge is 0.494 e. The van der Waals surface area contributed by atoms with Gasteiger partial charge in [0.15, 0.2) is 0 Å². The Morgan fingerprint density at radius 2 is 2.15 bits per heavy atom. The van der Waals surface area contributed by atoms with Crippen molar-refractivity contribution in [3.63, 3.8) is 0 Å². The Kier molecular flexibility index (Phi) is 5.41. The van der Waals surface area contributed by atoms with Crippen molar-refractivity contribution in [2.24, 2.45) is 5.92 Å². The molecule has 20 heavy (non-hydrogen) atoms. The maximum absolute atomic E-state index is 12.2. The average Bonchev–Trinajstić information content (AvgIpc) is 2.90. The Morgan fingerprint density at radius 1 is 1.40 bits per heavy atom. The molecule has 0 aliphatic carbocycles. The number of amides is 1. The first-order valence-electron chi connectivity index (χ1n) is 7.34. The lowest BCUT2D eigenvalue weighted by Gasteiger charge is -2.23. The molecule has 4 heteroatoms. The maximum Gasteiger partial charge on any atom is 0.239 e. The zero-order valence-corrected chi connectivity index (χ0v) is 12.3. The van der Waals surface area contributed by atoms with Crippen LogP contribution in [0.25, 0.3) is 0 Å². The van der Waals surface area contributed by atoms with E-state index in [-0.39, 0.29) is 11.9 Å². The molecule has 0 aromatic heterocycles. The van der Waals surface area contributed by atoms with Gasteiger partial charge in [-0.05, 0) is 37.4 Å². The van der Waals surface area contributed by atoms with Crippen LogP contribution in [0.2, 0.25) is 0 Å². The van der Waals surface area contributed by atoms with Gasteiger partial charge in [-0.25, -0.2) is 0 Å². The highest BCUT2D eigenvalue weighted by atomic mass is 16.5. The smallest absolute Gasteiger partial charge is 0.239 e. The molecule has 110 valence electrons. The molecule has 1 amide bonds. The third kappa shape index (κ3) is 3.97. The lowest BCUT2D eigenvalue weighted by Crippen LogP contribution is -2.44. The Morgan fingerprint density at radius 3 is 2.80 bits per heavy atom. The van der Waals surface area contributed by atoms with Gasteiger partial charge in [0, 0.05) is 13.6 Å². The first-order valence-corrected chi connectivity index (χ1v) is 7.34. The number of rotatable bonds is 6. The van der Waals surface area contributed by atoms with E-state index >= 15 is 0 Å². The van der Waals surface area contributed by atoms with E-state index in [0.717, 1.165) is 31.7 Å². The topological polar surface area (TPSA) is 41.6 Å². The van der Waals surface area contributed by atoms with Crippen LogP contribution in [0, 0.1) is 5.92 Å². The predicted octanol–water partition coefficient (Wildman–Crippen LogP) is 1.91. The van der Waals surface area contributed by atoms with Crippen LogP contribution in [0.4, 0.5) is 0 Å². The zero-order valence-electron chi connectivity index (χ0n) is 12.3. The van der Waals surface area contributed by atoms with Gasteiger partial charge < -0.3 is 15.0 Å². The summed E-state index contributed by atoms with van der Waals surface area (Å²) in [7, 11) is 1.87. The summed E-state index contributed by atoms with van der Waals surface area (Å²) in [6.07, 6.45) is 1.93. The van der Waals surface area contributed by atoms with E-state index in [9.17, 15) is 4.79 Å². The highest BCUT2D eigenvalue weighted by molar-refractivity contribution is 5.82. The molecule has 0 radical (unpaired) electrons. The molecular weight excluding hydrogens is 252 g/mol. The molecule has 2 atom stereocenters. The van der Waals surface area contributed by atoms with Crippen LogP contribution in [0.1, 0.15) is 19.8 Å². The zero-order chi connectivity index (χ0) is 14.4. The normalized spacial score (nSPS) is 21.7. The third-order valence-corrected chi connectivity index (χ3v) is 3.83. The molecule has 2 unspecified atom stereocenters. The molecule has 0 saturated carbocycles. The number of benzene rings is 1. The molecule has 1 fully saturated rings. The fraction of sp³-hybridized carbons (Fsp3) is 0.562. The summed E-state index contributed by atoms with van der Waals surface area (Å²) >= 11 is 0. The minimum atomic E-state index is -0.00459. The van der Waals surface area contributed by atoms with Gasteiger partial charge >= 0.3 is 0 Å². The molecule has 0 bridgehead atoms. The summed E-state index contributed by atoms with van der Waals surface area (Å²) < 4.78 is 5.63. The minimum absolute atomic E-state index is 0.00459. The second kappa shape index (κ2) is 7.29. The Balaban J connectivity index is 1.67. The molecule has 1 aliphatic rings. The van der Waals surface area contributed by atoms with Crippen molar-refractivity contribution >= 4 is 5.91 Å². The second-order valence-corrected chi connectivity index (χ2v) is 5.47. The van der Waals surface area contributed by atoms with Gasteiger partial charge in [0.2, 0.25) is 5.91 Å². The number of hydrogen-bond donors (Lipinski definition) is 1. The SMILES string of the molecule is CC1CCNC1C(=O)N(C)CCCOc1ccccc1. The third-order valence-electron chi connectivity index (χ3n) is 3.83. The van der Waals surface area contributed by atoms with E-state index in [2.05, 4.69) is 12.2 Å². The summed E-state index contributed by atoms with van der Waals surface area (Å²) in [5.74, 6) is 1.52. The standard InChI is InChI=1S/C16H24N2O2/c1-13-9-10-17-15(13)16(19)18(2)11-6-12-20-14-7-4-3-5-8-14/h3-5,7-8,13,15,17H,6,9-12H2,1-2H3. The number of ether oxygens (including phenoxy) is 1. The van der Waals surface area contributed by atoms with Crippen LogP contribution in [0.5, 0.6) is 5.75 Å². The number of likely N-dealkylation sites (N-methyl/N-ethyl adjacent to an activating group) is 1. The van der Waals surface area contributed by atoms with Crippen molar-refractivity contribution in [1.29, 1.82) is 0 Å². The number of nitrogens with one attached hydrogen (secondary N) is 1. The summed E-state index contributed by atoms with van der Waals surface area (Å²) in [4.78, 5) is 14.1.